The zero-order valence-corrected chi connectivity index (χ0v) is 13.5. The largest absolute Gasteiger partial charge is 0.509 e. The molecule has 0 aromatic carbocycles. The SMILES string of the molecule is O=C(OC1(CCl)CCCCC1)OC1(CCl)CCCCC1. The van der Waals surface area contributed by atoms with E-state index >= 15 is 0 Å². The summed E-state index contributed by atoms with van der Waals surface area (Å²) in [5.41, 5.74) is -1.06. The molecule has 0 bridgehead atoms. The van der Waals surface area contributed by atoms with Crippen LogP contribution in [-0.4, -0.2) is 29.1 Å². The van der Waals surface area contributed by atoms with Gasteiger partial charge in [-0.25, -0.2) is 4.79 Å². The summed E-state index contributed by atoms with van der Waals surface area (Å²) < 4.78 is 11.2. The van der Waals surface area contributed by atoms with E-state index in [1.807, 2.05) is 0 Å². The van der Waals surface area contributed by atoms with E-state index in [1.54, 1.807) is 0 Å². The van der Waals surface area contributed by atoms with Crippen molar-refractivity contribution in [3.8, 4) is 0 Å². The molecular weight excluding hydrogens is 299 g/mol. The van der Waals surface area contributed by atoms with Crippen LogP contribution in [0.2, 0.25) is 0 Å². The maximum absolute atomic E-state index is 12.1. The van der Waals surface area contributed by atoms with Crippen LogP contribution in [0.5, 0.6) is 0 Å². The zero-order valence-electron chi connectivity index (χ0n) is 12.0. The first kappa shape index (κ1) is 16.2. The molecule has 116 valence electrons. The number of ether oxygens (including phenoxy) is 2. The lowest BCUT2D eigenvalue weighted by molar-refractivity contribution is -0.0877. The monoisotopic (exact) mass is 322 g/mol. The molecule has 2 fully saturated rings. The summed E-state index contributed by atoms with van der Waals surface area (Å²) in [7, 11) is 0. The molecule has 0 aliphatic heterocycles. The highest BCUT2D eigenvalue weighted by atomic mass is 35.5. The Kier molecular flexibility index (Phi) is 5.85. The number of hydrogen-bond acceptors (Lipinski definition) is 3. The van der Waals surface area contributed by atoms with Crippen molar-refractivity contribution >= 4 is 29.4 Å². The van der Waals surface area contributed by atoms with E-state index in [1.165, 1.54) is 12.8 Å². The fourth-order valence-corrected chi connectivity index (χ4v) is 3.94. The van der Waals surface area contributed by atoms with E-state index in [4.69, 9.17) is 32.7 Å². The van der Waals surface area contributed by atoms with Gasteiger partial charge in [0.05, 0.1) is 11.8 Å². The molecule has 0 spiro atoms. The smallest absolute Gasteiger partial charge is 0.426 e. The molecule has 0 heterocycles. The van der Waals surface area contributed by atoms with Gasteiger partial charge in [0.25, 0.3) is 0 Å². The van der Waals surface area contributed by atoms with Gasteiger partial charge in [0.2, 0.25) is 0 Å². The summed E-state index contributed by atoms with van der Waals surface area (Å²) in [4.78, 5) is 12.1. The third-order valence-corrected chi connectivity index (χ3v) is 5.59. The lowest BCUT2D eigenvalue weighted by atomic mass is 9.86. The Morgan fingerprint density at radius 3 is 1.40 bits per heavy atom. The maximum atomic E-state index is 12.1. The van der Waals surface area contributed by atoms with Crippen LogP contribution in [0, 0.1) is 0 Å². The minimum atomic E-state index is -0.588. The molecule has 0 amide bonds. The van der Waals surface area contributed by atoms with Gasteiger partial charge < -0.3 is 9.47 Å². The van der Waals surface area contributed by atoms with E-state index < -0.39 is 17.4 Å². The predicted molar refractivity (Wildman–Crippen MR) is 80.6 cm³/mol. The van der Waals surface area contributed by atoms with Crippen LogP contribution < -0.4 is 0 Å². The van der Waals surface area contributed by atoms with Crippen molar-refractivity contribution in [2.75, 3.05) is 11.8 Å². The second kappa shape index (κ2) is 7.22. The van der Waals surface area contributed by atoms with E-state index in [-0.39, 0.29) is 0 Å². The first-order valence-electron chi connectivity index (χ1n) is 7.68. The quantitative estimate of drug-likeness (QED) is 0.538. The Hall–Kier alpha value is -0.150. The number of alkyl halides is 2. The molecule has 0 unspecified atom stereocenters. The van der Waals surface area contributed by atoms with E-state index in [0.717, 1.165) is 51.4 Å². The average Bonchev–Trinajstić information content (AvgIpc) is 2.49. The molecule has 0 N–H and O–H groups in total. The Labute approximate surface area is 131 Å². The topological polar surface area (TPSA) is 35.5 Å². The maximum Gasteiger partial charge on any atom is 0.509 e. The molecule has 3 nitrogen and oxygen atoms in total. The summed E-state index contributed by atoms with van der Waals surface area (Å²) in [6, 6.07) is 0. The highest BCUT2D eigenvalue weighted by molar-refractivity contribution is 6.19. The van der Waals surface area contributed by atoms with Gasteiger partial charge in [-0.1, -0.05) is 12.8 Å². The first-order chi connectivity index (χ1) is 9.64. The minimum absolute atomic E-state index is 0.343. The van der Waals surface area contributed by atoms with Crippen LogP contribution in [-0.2, 0) is 9.47 Å². The second-order valence-electron chi connectivity index (χ2n) is 6.21. The summed E-state index contributed by atoms with van der Waals surface area (Å²) >= 11 is 12.1. The number of hydrogen-bond donors (Lipinski definition) is 0. The van der Waals surface area contributed by atoms with Gasteiger partial charge in [0.1, 0.15) is 11.2 Å². The minimum Gasteiger partial charge on any atom is -0.426 e. The normalized spacial score (nSPS) is 24.9. The standard InChI is InChI=1S/C15H24Cl2O3/c16-11-14(7-3-1-4-8-14)19-13(18)20-15(12-17)9-5-2-6-10-15/h1-12H2. The number of halogens is 2. The van der Waals surface area contributed by atoms with Gasteiger partial charge in [-0.05, 0) is 51.4 Å². The fraction of sp³-hybridized carbons (Fsp3) is 0.933. The molecule has 0 aromatic rings. The number of carbonyl (C=O) groups is 1. The van der Waals surface area contributed by atoms with Crippen molar-refractivity contribution in [3.63, 3.8) is 0 Å². The zero-order chi connectivity index (χ0) is 14.5. The van der Waals surface area contributed by atoms with Crippen LogP contribution in [0.4, 0.5) is 4.79 Å². The average molecular weight is 323 g/mol. The van der Waals surface area contributed by atoms with Gasteiger partial charge in [0.15, 0.2) is 0 Å². The van der Waals surface area contributed by atoms with Crippen LogP contribution >= 0.6 is 23.2 Å². The van der Waals surface area contributed by atoms with Crippen molar-refractivity contribution in [1.82, 2.24) is 0 Å². The third kappa shape index (κ3) is 3.94. The Morgan fingerprint density at radius 2 is 1.10 bits per heavy atom. The number of rotatable bonds is 4. The van der Waals surface area contributed by atoms with E-state index in [0.29, 0.717) is 11.8 Å². The molecule has 2 aliphatic rings. The molecule has 2 saturated carbocycles. The Bertz CT molecular complexity index is 291. The molecule has 5 heteroatoms. The van der Waals surface area contributed by atoms with Gasteiger partial charge in [-0.3, -0.25) is 0 Å². The predicted octanol–water partition coefficient (Wildman–Crippen LogP) is 5.02. The van der Waals surface area contributed by atoms with Gasteiger partial charge in [-0.15, -0.1) is 23.2 Å². The Morgan fingerprint density at radius 1 is 0.750 bits per heavy atom. The van der Waals surface area contributed by atoms with Gasteiger partial charge >= 0.3 is 6.16 Å². The van der Waals surface area contributed by atoms with Gasteiger partial charge in [0, 0.05) is 0 Å². The van der Waals surface area contributed by atoms with E-state index in [2.05, 4.69) is 0 Å². The van der Waals surface area contributed by atoms with Crippen molar-refractivity contribution < 1.29 is 14.3 Å². The third-order valence-electron chi connectivity index (χ3n) is 4.62. The lowest BCUT2D eigenvalue weighted by Gasteiger charge is -2.38. The molecule has 0 radical (unpaired) electrons. The van der Waals surface area contributed by atoms with Crippen molar-refractivity contribution in [2.24, 2.45) is 0 Å². The van der Waals surface area contributed by atoms with Crippen LogP contribution in [0.15, 0.2) is 0 Å². The van der Waals surface area contributed by atoms with Crippen LogP contribution in [0.25, 0.3) is 0 Å². The molecule has 0 atom stereocenters. The molecule has 0 aromatic heterocycles. The molecule has 2 rings (SSSR count). The summed E-state index contributed by atoms with van der Waals surface area (Å²) in [5.74, 6) is 0.686. The summed E-state index contributed by atoms with van der Waals surface area (Å²) in [6.45, 7) is 0. The van der Waals surface area contributed by atoms with Crippen molar-refractivity contribution in [3.05, 3.63) is 0 Å². The fourth-order valence-electron chi connectivity index (χ4n) is 3.29. The Balaban J connectivity index is 1.93. The van der Waals surface area contributed by atoms with Crippen LogP contribution in [0.1, 0.15) is 64.2 Å². The highest BCUT2D eigenvalue weighted by Gasteiger charge is 2.40. The molecule has 0 saturated heterocycles. The number of carbonyl (C=O) groups excluding carboxylic acids is 1. The van der Waals surface area contributed by atoms with Crippen molar-refractivity contribution in [1.29, 1.82) is 0 Å². The van der Waals surface area contributed by atoms with Crippen molar-refractivity contribution in [2.45, 2.75) is 75.4 Å². The molecule has 2 aliphatic carbocycles. The van der Waals surface area contributed by atoms with Gasteiger partial charge in [-0.2, -0.15) is 0 Å². The summed E-state index contributed by atoms with van der Waals surface area (Å²) in [6.07, 6.45) is 9.33. The lowest BCUT2D eigenvalue weighted by Crippen LogP contribution is -2.44. The summed E-state index contributed by atoms with van der Waals surface area (Å²) in [5, 5.41) is 0. The van der Waals surface area contributed by atoms with Crippen LogP contribution in [0.3, 0.4) is 0 Å². The first-order valence-corrected chi connectivity index (χ1v) is 8.75. The highest BCUT2D eigenvalue weighted by Crippen LogP contribution is 2.36. The second-order valence-corrected chi connectivity index (χ2v) is 6.74. The van der Waals surface area contributed by atoms with E-state index in [9.17, 15) is 4.79 Å². The molecule has 20 heavy (non-hydrogen) atoms. The molecular formula is C15H24Cl2O3.